The Hall–Kier alpha value is 0.220. The number of aliphatic hydroxyl groups is 1. The molecule has 0 fully saturated rings. The van der Waals surface area contributed by atoms with Crippen molar-refractivity contribution in [1.82, 2.24) is 0 Å². The fraction of sp³-hybridized carbons (Fsp3) is 0.625. The second kappa shape index (κ2) is 7.69. The Balaban J connectivity index is 3.37. The van der Waals surface area contributed by atoms with E-state index in [1.54, 1.807) is 0 Å². The van der Waals surface area contributed by atoms with Gasteiger partial charge in [0.15, 0.2) is 0 Å². The summed E-state index contributed by atoms with van der Waals surface area (Å²) in [6, 6.07) is 4.00. The topological polar surface area (TPSA) is 20.2 Å². The first-order valence-electron chi connectivity index (χ1n) is 7.13. The summed E-state index contributed by atoms with van der Waals surface area (Å²) in [6.45, 7) is 3.96. The van der Waals surface area contributed by atoms with Crippen molar-refractivity contribution in [1.29, 1.82) is 0 Å². The van der Waals surface area contributed by atoms with Crippen molar-refractivity contribution in [3.63, 3.8) is 0 Å². The quantitative estimate of drug-likeness (QED) is 0.249. The zero-order valence-corrected chi connectivity index (χ0v) is 18.4. The van der Waals surface area contributed by atoms with Gasteiger partial charge in [-0.3, -0.25) is 0 Å². The van der Waals surface area contributed by atoms with Crippen LogP contribution >= 0.6 is 42.4 Å². The molecule has 1 nitrogen and oxygen atoms in total. The summed E-state index contributed by atoms with van der Waals surface area (Å²) in [5.41, 5.74) is -5.41. The minimum absolute atomic E-state index is 0.0206. The van der Waals surface area contributed by atoms with Crippen LogP contribution in [0.1, 0.15) is 30.9 Å². The van der Waals surface area contributed by atoms with E-state index in [0.29, 0.717) is 5.56 Å². The van der Waals surface area contributed by atoms with Crippen molar-refractivity contribution in [2.75, 3.05) is 14.3 Å². The molecule has 146 valence electrons. The van der Waals surface area contributed by atoms with Crippen LogP contribution in [0.15, 0.2) is 24.3 Å². The first-order valence-corrected chi connectivity index (χ1v) is 14.0. The molecular weight excluding hydrogens is 576 g/mol. The van der Waals surface area contributed by atoms with E-state index in [0.717, 1.165) is 16.6 Å². The predicted molar refractivity (Wildman–Crippen MR) is 104 cm³/mol. The summed E-state index contributed by atoms with van der Waals surface area (Å²) in [7, 11) is 0. The van der Waals surface area contributed by atoms with Gasteiger partial charge in [0.05, 0.1) is 0 Å². The number of benzene rings is 1. The Morgan fingerprint density at radius 1 is 0.960 bits per heavy atom. The van der Waals surface area contributed by atoms with E-state index in [4.69, 9.17) is 0 Å². The molecule has 0 amide bonds. The standard InChI is InChI=1S/C16H20F6I2O/c1-13(2,23)12(9-24(3)4)10-5-7-11(8-6-10)14(25,15(17,18)19)16(20,21)22/h5-8,12,25H,9H2,1-4H3. The monoisotopic (exact) mass is 596 g/mol. The van der Waals surface area contributed by atoms with Crippen LogP contribution < -0.4 is 0 Å². The second-order valence-electron chi connectivity index (χ2n) is 6.51. The average Bonchev–Trinajstić information content (AvgIpc) is 2.40. The van der Waals surface area contributed by atoms with Gasteiger partial charge in [0.2, 0.25) is 0 Å². The van der Waals surface area contributed by atoms with Gasteiger partial charge in [-0.1, -0.05) is 0 Å². The van der Waals surface area contributed by atoms with Gasteiger partial charge in [0, 0.05) is 0 Å². The number of hydrogen-bond donors (Lipinski definition) is 1. The van der Waals surface area contributed by atoms with Gasteiger partial charge in [-0.2, -0.15) is 0 Å². The maximum atomic E-state index is 12.9. The predicted octanol–water partition coefficient (Wildman–Crippen LogP) is 6.06. The Labute approximate surface area is 164 Å². The molecule has 1 N–H and O–H groups in total. The summed E-state index contributed by atoms with van der Waals surface area (Å²) >= 11 is 1.06. The van der Waals surface area contributed by atoms with Crippen LogP contribution in [-0.2, 0) is 5.60 Å². The number of rotatable bonds is 5. The molecule has 0 aliphatic rings. The summed E-state index contributed by atoms with van der Waals surface area (Å²) in [5.74, 6) is 0.0206. The van der Waals surface area contributed by atoms with Gasteiger partial charge >= 0.3 is 165 Å². The zero-order valence-electron chi connectivity index (χ0n) is 14.1. The maximum absolute atomic E-state index is 12.9. The molecular formula is C16H20F6I2O. The van der Waals surface area contributed by atoms with E-state index in [9.17, 15) is 31.4 Å². The Morgan fingerprint density at radius 2 is 1.36 bits per heavy atom. The third-order valence-electron chi connectivity index (χ3n) is 3.84. The average molecular weight is 596 g/mol. The van der Waals surface area contributed by atoms with Gasteiger partial charge in [0.25, 0.3) is 0 Å². The molecule has 0 aliphatic heterocycles. The number of halogens is 8. The molecule has 1 atom stereocenters. The van der Waals surface area contributed by atoms with Gasteiger partial charge in [-0.25, -0.2) is 0 Å². The van der Waals surface area contributed by atoms with Crippen LogP contribution in [-0.4, -0.2) is 35.2 Å². The Morgan fingerprint density at radius 3 is 1.64 bits per heavy atom. The molecule has 25 heavy (non-hydrogen) atoms. The molecule has 0 saturated heterocycles. The third-order valence-corrected chi connectivity index (χ3v) is 7.24. The van der Waals surface area contributed by atoms with E-state index < -0.39 is 43.3 Å². The zero-order chi connectivity index (χ0) is 19.8. The Kier molecular flexibility index (Phi) is 7.15. The molecule has 1 aromatic carbocycles. The molecule has 1 aromatic rings. The molecule has 0 saturated carbocycles. The second-order valence-corrected chi connectivity index (χ2v) is 15.4. The van der Waals surface area contributed by atoms with Crippen molar-refractivity contribution in [2.24, 2.45) is 0 Å². The van der Waals surface area contributed by atoms with Crippen LogP contribution in [0.5, 0.6) is 0 Å². The Bertz CT molecular complexity index is 558. The minimum atomic E-state index is -5.86. The van der Waals surface area contributed by atoms with Gasteiger partial charge in [-0.05, 0) is 0 Å². The number of hydrogen-bond acceptors (Lipinski definition) is 1. The molecule has 0 aromatic heterocycles. The van der Waals surface area contributed by atoms with E-state index in [1.165, 1.54) is 12.1 Å². The van der Waals surface area contributed by atoms with E-state index in [1.807, 2.05) is 13.8 Å². The SMILES string of the molecule is CI(C)CC(c1ccc(C(O)(C(F)(F)F)C(F)(F)F)cc1)C(C)(C)I. The van der Waals surface area contributed by atoms with E-state index in [-0.39, 0.29) is 9.34 Å². The molecule has 0 heterocycles. The third kappa shape index (κ3) is 5.14. The molecule has 0 aliphatic carbocycles. The van der Waals surface area contributed by atoms with E-state index >= 15 is 0 Å². The van der Waals surface area contributed by atoms with Crippen LogP contribution in [0.3, 0.4) is 0 Å². The molecule has 1 rings (SSSR count). The first kappa shape index (κ1) is 23.3. The van der Waals surface area contributed by atoms with Crippen molar-refractivity contribution >= 4 is 42.4 Å². The van der Waals surface area contributed by atoms with Gasteiger partial charge in [0.1, 0.15) is 0 Å². The molecule has 0 radical (unpaired) electrons. The van der Waals surface area contributed by atoms with Crippen LogP contribution in [0.25, 0.3) is 0 Å². The summed E-state index contributed by atoms with van der Waals surface area (Å²) in [6.07, 6.45) is -11.7. The molecule has 0 bridgehead atoms. The van der Waals surface area contributed by atoms with Crippen LogP contribution in [0.2, 0.25) is 0 Å². The molecule has 9 heteroatoms. The van der Waals surface area contributed by atoms with Crippen molar-refractivity contribution < 1.29 is 31.4 Å². The molecule has 1 unspecified atom stereocenters. The number of alkyl halides is 10. The van der Waals surface area contributed by atoms with Crippen molar-refractivity contribution in [2.45, 2.75) is 41.1 Å². The van der Waals surface area contributed by atoms with E-state index in [2.05, 4.69) is 32.5 Å². The fourth-order valence-corrected chi connectivity index (χ4v) is 7.22. The normalized spacial score (nSPS) is 15.9. The van der Waals surface area contributed by atoms with Gasteiger partial charge < -0.3 is 0 Å². The summed E-state index contributed by atoms with van der Waals surface area (Å²) in [4.78, 5) is 4.31. The summed E-state index contributed by atoms with van der Waals surface area (Å²) < 4.78 is 78.3. The van der Waals surface area contributed by atoms with Crippen LogP contribution in [0.4, 0.5) is 26.3 Å². The first-order chi connectivity index (χ1) is 11.0. The summed E-state index contributed by atoms with van der Waals surface area (Å²) in [5, 5.41) is 9.45. The molecule has 0 spiro atoms. The van der Waals surface area contributed by atoms with Crippen molar-refractivity contribution in [3.05, 3.63) is 35.4 Å². The van der Waals surface area contributed by atoms with Gasteiger partial charge in [-0.15, -0.1) is 0 Å². The fourth-order valence-electron chi connectivity index (χ4n) is 2.42. The van der Waals surface area contributed by atoms with Crippen LogP contribution in [0, 0.1) is 0 Å². The van der Waals surface area contributed by atoms with Crippen molar-refractivity contribution in [3.8, 4) is 0 Å².